The fourth-order valence-corrected chi connectivity index (χ4v) is 3.40. The number of benzene rings is 1. The summed E-state index contributed by atoms with van der Waals surface area (Å²) in [6, 6.07) is 3.23. The summed E-state index contributed by atoms with van der Waals surface area (Å²) in [6.07, 6.45) is 7.36. The molecular formula is C17H26FNO2. The van der Waals surface area contributed by atoms with Crippen molar-refractivity contribution in [2.24, 2.45) is 5.92 Å². The number of hydrogen-bond donors (Lipinski definition) is 1. The molecule has 1 aliphatic carbocycles. The van der Waals surface area contributed by atoms with Crippen molar-refractivity contribution in [3.8, 4) is 11.5 Å². The van der Waals surface area contributed by atoms with E-state index in [-0.39, 0.29) is 11.9 Å². The molecule has 1 fully saturated rings. The molecule has 1 N–H and O–H groups in total. The Hall–Kier alpha value is -1.29. The van der Waals surface area contributed by atoms with Crippen LogP contribution in [0.15, 0.2) is 12.1 Å². The lowest BCUT2D eigenvalue weighted by atomic mass is 9.87. The Morgan fingerprint density at radius 3 is 2.14 bits per heavy atom. The van der Waals surface area contributed by atoms with Gasteiger partial charge in [0.25, 0.3) is 0 Å². The molecule has 4 heteroatoms. The van der Waals surface area contributed by atoms with Gasteiger partial charge in [0.15, 0.2) is 11.5 Å². The molecule has 0 aromatic heterocycles. The van der Waals surface area contributed by atoms with Gasteiger partial charge in [-0.05, 0) is 31.9 Å². The highest BCUT2D eigenvalue weighted by Crippen LogP contribution is 2.38. The Balaban J connectivity index is 2.32. The van der Waals surface area contributed by atoms with E-state index < -0.39 is 0 Å². The van der Waals surface area contributed by atoms with Crippen molar-refractivity contribution < 1.29 is 13.9 Å². The first-order chi connectivity index (χ1) is 10.2. The van der Waals surface area contributed by atoms with Crippen LogP contribution in [0.2, 0.25) is 0 Å². The second-order valence-electron chi connectivity index (χ2n) is 5.75. The van der Waals surface area contributed by atoms with E-state index in [0.29, 0.717) is 23.0 Å². The molecule has 0 radical (unpaired) electrons. The van der Waals surface area contributed by atoms with E-state index in [1.807, 2.05) is 7.05 Å². The van der Waals surface area contributed by atoms with E-state index in [9.17, 15) is 4.39 Å². The normalized spacial score (nSPS) is 18.1. The van der Waals surface area contributed by atoms with Crippen LogP contribution in [0.4, 0.5) is 4.39 Å². The Morgan fingerprint density at radius 2 is 1.62 bits per heavy atom. The largest absolute Gasteiger partial charge is 0.493 e. The molecule has 0 heterocycles. The Kier molecular flexibility index (Phi) is 5.85. The van der Waals surface area contributed by atoms with Crippen LogP contribution in [-0.2, 0) is 0 Å². The van der Waals surface area contributed by atoms with Crippen LogP contribution in [0.1, 0.15) is 50.1 Å². The Labute approximate surface area is 126 Å². The first-order valence-electron chi connectivity index (χ1n) is 7.80. The van der Waals surface area contributed by atoms with Crippen LogP contribution < -0.4 is 14.8 Å². The first kappa shape index (κ1) is 16.1. The van der Waals surface area contributed by atoms with Crippen molar-refractivity contribution in [3.63, 3.8) is 0 Å². The van der Waals surface area contributed by atoms with Crippen LogP contribution in [0, 0.1) is 11.7 Å². The summed E-state index contributed by atoms with van der Waals surface area (Å²) in [6.45, 7) is 0. The van der Waals surface area contributed by atoms with E-state index in [1.165, 1.54) is 38.9 Å². The molecule has 1 atom stereocenters. The monoisotopic (exact) mass is 295 g/mol. The summed E-state index contributed by atoms with van der Waals surface area (Å²) < 4.78 is 25.0. The highest BCUT2D eigenvalue weighted by atomic mass is 19.1. The molecule has 118 valence electrons. The lowest BCUT2D eigenvalue weighted by Gasteiger charge is -2.27. The summed E-state index contributed by atoms with van der Waals surface area (Å²) in [5.74, 6) is 1.28. The summed E-state index contributed by atoms with van der Waals surface area (Å²) in [5, 5.41) is 3.31. The standard InChI is InChI=1S/C17H26FNO2/c1-19-17(12-8-6-4-5-7-9-12)13-10-15(20-2)16(21-3)11-14(13)18/h10-12,17,19H,4-9H2,1-3H3. The second-order valence-corrected chi connectivity index (χ2v) is 5.75. The van der Waals surface area contributed by atoms with Crippen molar-refractivity contribution in [2.75, 3.05) is 21.3 Å². The van der Waals surface area contributed by atoms with Crippen molar-refractivity contribution in [3.05, 3.63) is 23.5 Å². The Bertz CT molecular complexity index is 456. The van der Waals surface area contributed by atoms with Crippen molar-refractivity contribution >= 4 is 0 Å². The molecule has 1 unspecified atom stereocenters. The Morgan fingerprint density at radius 1 is 1.05 bits per heavy atom. The van der Waals surface area contributed by atoms with Gasteiger partial charge in [0.05, 0.1) is 14.2 Å². The van der Waals surface area contributed by atoms with Gasteiger partial charge in [-0.1, -0.05) is 25.7 Å². The molecule has 1 aromatic carbocycles. The number of ether oxygens (including phenoxy) is 2. The van der Waals surface area contributed by atoms with Gasteiger partial charge in [-0.15, -0.1) is 0 Å². The smallest absolute Gasteiger partial charge is 0.163 e. The van der Waals surface area contributed by atoms with Gasteiger partial charge in [0.1, 0.15) is 5.82 Å². The van der Waals surface area contributed by atoms with Crippen LogP contribution in [0.5, 0.6) is 11.5 Å². The van der Waals surface area contributed by atoms with Gasteiger partial charge in [-0.25, -0.2) is 4.39 Å². The molecule has 1 saturated carbocycles. The van der Waals surface area contributed by atoms with E-state index in [2.05, 4.69) is 5.32 Å². The highest BCUT2D eigenvalue weighted by Gasteiger charge is 2.26. The van der Waals surface area contributed by atoms with Gasteiger partial charge >= 0.3 is 0 Å². The average Bonchev–Trinajstić information content (AvgIpc) is 2.78. The molecule has 3 nitrogen and oxygen atoms in total. The lowest BCUT2D eigenvalue weighted by molar-refractivity contribution is 0.324. The number of methoxy groups -OCH3 is 2. The van der Waals surface area contributed by atoms with Crippen LogP contribution in [-0.4, -0.2) is 21.3 Å². The third-order valence-corrected chi connectivity index (χ3v) is 4.52. The quantitative estimate of drug-likeness (QED) is 0.831. The molecule has 1 aliphatic rings. The van der Waals surface area contributed by atoms with Gasteiger partial charge in [0.2, 0.25) is 0 Å². The second kappa shape index (κ2) is 7.64. The summed E-state index contributed by atoms with van der Waals surface area (Å²) in [4.78, 5) is 0. The van der Waals surface area contributed by atoms with Crippen molar-refractivity contribution in [1.29, 1.82) is 0 Å². The van der Waals surface area contributed by atoms with E-state index in [4.69, 9.17) is 9.47 Å². The number of hydrogen-bond acceptors (Lipinski definition) is 3. The van der Waals surface area contributed by atoms with Crippen molar-refractivity contribution in [2.45, 2.75) is 44.6 Å². The van der Waals surface area contributed by atoms with Crippen LogP contribution in [0.25, 0.3) is 0 Å². The average molecular weight is 295 g/mol. The maximum atomic E-state index is 14.5. The van der Waals surface area contributed by atoms with Gasteiger partial charge in [-0.2, -0.15) is 0 Å². The highest BCUT2D eigenvalue weighted by molar-refractivity contribution is 5.44. The fraction of sp³-hybridized carbons (Fsp3) is 0.647. The molecule has 21 heavy (non-hydrogen) atoms. The maximum Gasteiger partial charge on any atom is 0.163 e. The lowest BCUT2D eigenvalue weighted by Crippen LogP contribution is -2.26. The summed E-state index contributed by atoms with van der Waals surface area (Å²) in [5.41, 5.74) is 0.682. The predicted octanol–water partition coefficient (Wildman–Crippen LogP) is 4.07. The van der Waals surface area contributed by atoms with E-state index in [1.54, 1.807) is 13.2 Å². The molecule has 0 aliphatic heterocycles. The fourth-order valence-electron chi connectivity index (χ4n) is 3.40. The van der Waals surface area contributed by atoms with Crippen LogP contribution >= 0.6 is 0 Å². The minimum Gasteiger partial charge on any atom is -0.493 e. The molecular weight excluding hydrogens is 269 g/mol. The number of rotatable bonds is 5. The van der Waals surface area contributed by atoms with Gasteiger partial charge in [-0.3, -0.25) is 0 Å². The SMILES string of the molecule is CNC(c1cc(OC)c(OC)cc1F)C1CCCCCC1. The molecule has 0 spiro atoms. The van der Waals surface area contributed by atoms with Crippen LogP contribution in [0.3, 0.4) is 0 Å². The zero-order valence-corrected chi connectivity index (χ0v) is 13.2. The zero-order chi connectivity index (χ0) is 15.2. The topological polar surface area (TPSA) is 30.5 Å². The molecule has 0 saturated heterocycles. The van der Waals surface area contributed by atoms with E-state index >= 15 is 0 Å². The molecule has 1 aromatic rings. The first-order valence-corrected chi connectivity index (χ1v) is 7.80. The zero-order valence-electron chi connectivity index (χ0n) is 13.2. The van der Waals surface area contributed by atoms with E-state index in [0.717, 1.165) is 12.8 Å². The summed E-state index contributed by atoms with van der Waals surface area (Å²) >= 11 is 0. The minimum absolute atomic E-state index is 0.0305. The predicted molar refractivity (Wildman–Crippen MR) is 82.5 cm³/mol. The molecule has 0 bridgehead atoms. The molecule has 0 amide bonds. The summed E-state index contributed by atoms with van der Waals surface area (Å²) in [7, 11) is 5.02. The number of nitrogens with one attached hydrogen (secondary N) is 1. The minimum atomic E-state index is -0.226. The van der Waals surface area contributed by atoms with Gasteiger partial charge < -0.3 is 14.8 Å². The van der Waals surface area contributed by atoms with Gasteiger partial charge in [0, 0.05) is 17.7 Å². The maximum absolute atomic E-state index is 14.5. The number of halogens is 1. The van der Waals surface area contributed by atoms with Crippen molar-refractivity contribution in [1.82, 2.24) is 5.32 Å². The third kappa shape index (κ3) is 3.67. The third-order valence-electron chi connectivity index (χ3n) is 4.52. The molecule has 2 rings (SSSR count).